The molecule has 1 saturated carbocycles. The Morgan fingerprint density at radius 1 is 1.16 bits per heavy atom. The lowest BCUT2D eigenvalue weighted by Gasteiger charge is -2.32. The Balaban J connectivity index is 1.39. The highest BCUT2D eigenvalue weighted by molar-refractivity contribution is 5.93. The highest BCUT2D eigenvalue weighted by Gasteiger charge is 2.50. The maximum Gasteiger partial charge on any atom is 0.233 e. The number of nitrogens with one attached hydrogen (secondary N) is 2. The molecule has 3 heterocycles. The average Bonchev–Trinajstić information content (AvgIpc) is 3.47. The van der Waals surface area contributed by atoms with E-state index in [2.05, 4.69) is 62.3 Å². The first-order valence-corrected chi connectivity index (χ1v) is 11.9. The molecule has 32 heavy (non-hydrogen) atoms. The molecule has 168 valence electrons. The fraction of sp³-hybridized carbons (Fsp3) is 0.480. The number of aromatic amines is 1. The van der Waals surface area contributed by atoms with Crippen LogP contribution >= 0.6 is 0 Å². The molecule has 1 aliphatic heterocycles. The van der Waals surface area contributed by atoms with E-state index in [1.54, 1.807) is 0 Å². The zero-order valence-electron chi connectivity index (χ0n) is 18.8. The highest BCUT2D eigenvalue weighted by Crippen LogP contribution is 2.45. The lowest BCUT2D eigenvalue weighted by Crippen LogP contribution is -2.43. The van der Waals surface area contributed by atoms with Crippen LogP contribution in [-0.4, -0.2) is 50.9 Å². The van der Waals surface area contributed by atoms with Gasteiger partial charge in [0, 0.05) is 44.3 Å². The Labute approximate surface area is 189 Å². The van der Waals surface area contributed by atoms with Crippen molar-refractivity contribution in [1.82, 2.24) is 19.9 Å². The van der Waals surface area contributed by atoms with Crippen LogP contribution in [0.3, 0.4) is 0 Å². The fourth-order valence-corrected chi connectivity index (χ4v) is 4.82. The van der Waals surface area contributed by atoms with E-state index in [1.807, 2.05) is 12.3 Å². The van der Waals surface area contributed by atoms with E-state index >= 15 is 0 Å². The van der Waals surface area contributed by atoms with Crippen LogP contribution in [0.25, 0.3) is 11.0 Å². The number of H-pyrrole nitrogens is 1. The molecule has 1 saturated heterocycles. The predicted molar refractivity (Wildman–Crippen MR) is 128 cm³/mol. The lowest BCUT2D eigenvalue weighted by molar-refractivity contribution is -0.116. The number of anilines is 2. The molecule has 0 atom stereocenters. The molecule has 0 bridgehead atoms. The molecule has 0 radical (unpaired) electrons. The Hall–Kier alpha value is -2.93. The van der Waals surface area contributed by atoms with Crippen LogP contribution in [0, 0.1) is 0 Å². The normalized spacial score (nSPS) is 18.1. The van der Waals surface area contributed by atoms with Crippen molar-refractivity contribution in [3.05, 3.63) is 48.2 Å². The molecular formula is C25H32N6O. The number of carbonyl (C=O) groups excluding carboxylic acids is 1. The fourth-order valence-electron chi connectivity index (χ4n) is 4.82. The van der Waals surface area contributed by atoms with Crippen LogP contribution in [0.2, 0.25) is 0 Å². The molecule has 3 aromatic rings. The molecule has 0 unspecified atom stereocenters. The van der Waals surface area contributed by atoms with E-state index < -0.39 is 0 Å². The van der Waals surface area contributed by atoms with Gasteiger partial charge >= 0.3 is 0 Å². The van der Waals surface area contributed by atoms with Gasteiger partial charge in [0.05, 0.1) is 5.39 Å². The topological polar surface area (TPSA) is 77.2 Å². The van der Waals surface area contributed by atoms with E-state index in [0.29, 0.717) is 12.4 Å². The summed E-state index contributed by atoms with van der Waals surface area (Å²) in [5.41, 5.74) is 2.36. The number of carbonyl (C=O) groups is 1. The van der Waals surface area contributed by atoms with Crippen molar-refractivity contribution in [2.24, 2.45) is 0 Å². The molecule has 1 amide bonds. The Morgan fingerprint density at radius 3 is 2.78 bits per heavy atom. The second kappa shape index (κ2) is 8.90. The van der Waals surface area contributed by atoms with Crippen molar-refractivity contribution < 1.29 is 4.79 Å². The summed E-state index contributed by atoms with van der Waals surface area (Å²) in [5.74, 6) is 1.30. The van der Waals surface area contributed by atoms with Gasteiger partial charge in [-0.3, -0.25) is 15.0 Å². The minimum atomic E-state index is -0.0210. The second-order valence-electron chi connectivity index (χ2n) is 9.17. The van der Waals surface area contributed by atoms with E-state index in [1.165, 1.54) is 18.4 Å². The summed E-state index contributed by atoms with van der Waals surface area (Å²) in [4.78, 5) is 30.0. The summed E-state index contributed by atoms with van der Waals surface area (Å²) in [5, 5.41) is 3.93. The lowest BCUT2D eigenvalue weighted by atomic mass is 10.1. The van der Waals surface area contributed by atoms with Gasteiger partial charge in [-0.25, -0.2) is 0 Å². The number of rotatable bonds is 7. The predicted octanol–water partition coefficient (Wildman–Crippen LogP) is 4.33. The molecule has 1 aliphatic carbocycles. The quantitative estimate of drug-likeness (QED) is 0.581. The third kappa shape index (κ3) is 4.35. The van der Waals surface area contributed by atoms with Crippen LogP contribution in [0.4, 0.5) is 11.8 Å². The number of benzene rings is 1. The third-order valence-electron chi connectivity index (χ3n) is 6.76. The van der Waals surface area contributed by atoms with Crippen molar-refractivity contribution in [3.63, 3.8) is 0 Å². The number of nitrogens with zero attached hydrogens (tertiary/aromatic N) is 4. The summed E-state index contributed by atoms with van der Waals surface area (Å²) in [6.45, 7) is 6.08. The largest absolute Gasteiger partial charge is 0.354 e. The zero-order chi connectivity index (χ0) is 22.0. The van der Waals surface area contributed by atoms with Crippen LogP contribution in [0.5, 0.6) is 0 Å². The van der Waals surface area contributed by atoms with E-state index in [9.17, 15) is 4.79 Å². The Kier molecular flexibility index (Phi) is 5.83. The number of hydrogen-bond donors (Lipinski definition) is 2. The third-order valence-corrected chi connectivity index (χ3v) is 6.76. The van der Waals surface area contributed by atoms with Gasteiger partial charge in [-0.05, 0) is 37.3 Å². The first-order valence-electron chi connectivity index (χ1n) is 11.9. The zero-order valence-corrected chi connectivity index (χ0v) is 18.8. The van der Waals surface area contributed by atoms with Crippen molar-refractivity contribution in [1.29, 1.82) is 0 Å². The summed E-state index contributed by atoms with van der Waals surface area (Å²) in [6, 6.07) is 12.8. The monoisotopic (exact) mass is 432 g/mol. The van der Waals surface area contributed by atoms with Gasteiger partial charge in [0.2, 0.25) is 11.9 Å². The second-order valence-corrected chi connectivity index (χ2v) is 9.17. The number of aromatic nitrogens is 3. The van der Waals surface area contributed by atoms with E-state index in [4.69, 9.17) is 4.98 Å². The maximum atomic E-state index is 12.3. The standard InChI is InChI=1S/C25H32N6O/c1-2-3-10-21(32)27-24-28-22-20(11-14-26-22)23(29-24)30-15-7-16-31(25(18-30)12-13-25)17-19-8-5-4-6-9-19/h4-6,8-9,11,14H,2-3,7,10,12-13,15-18H2,1H3,(H2,26,27,28,29,32). The summed E-state index contributed by atoms with van der Waals surface area (Å²) >= 11 is 0. The molecule has 7 heteroatoms. The molecule has 1 aromatic carbocycles. The first kappa shape index (κ1) is 20.9. The van der Waals surface area contributed by atoms with Gasteiger partial charge in [0.1, 0.15) is 11.5 Å². The number of hydrogen-bond acceptors (Lipinski definition) is 5. The maximum absolute atomic E-state index is 12.3. The molecule has 2 fully saturated rings. The van der Waals surface area contributed by atoms with E-state index in [-0.39, 0.29) is 11.4 Å². The number of fused-ring (bicyclic) bond motifs is 1. The van der Waals surface area contributed by atoms with Crippen LogP contribution in [0.15, 0.2) is 42.6 Å². The van der Waals surface area contributed by atoms with Gasteiger partial charge in [-0.2, -0.15) is 9.97 Å². The van der Waals surface area contributed by atoms with Crippen molar-refractivity contribution in [2.75, 3.05) is 29.9 Å². The highest BCUT2D eigenvalue weighted by atomic mass is 16.1. The molecule has 2 N–H and O–H groups in total. The summed E-state index contributed by atoms with van der Waals surface area (Å²) in [7, 11) is 0. The van der Waals surface area contributed by atoms with Gasteiger partial charge in [-0.15, -0.1) is 0 Å². The molecule has 1 spiro atoms. The Morgan fingerprint density at radius 2 is 2.00 bits per heavy atom. The molecular weight excluding hydrogens is 400 g/mol. The molecule has 2 aliphatic rings. The average molecular weight is 433 g/mol. The van der Waals surface area contributed by atoms with Gasteiger partial charge < -0.3 is 9.88 Å². The van der Waals surface area contributed by atoms with Gasteiger partial charge in [0.25, 0.3) is 0 Å². The molecule has 2 aromatic heterocycles. The first-order chi connectivity index (χ1) is 15.7. The van der Waals surface area contributed by atoms with Gasteiger partial charge in [-0.1, -0.05) is 43.7 Å². The van der Waals surface area contributed by atoms with Crippen molar-refractivity contribution in [2.45, 2.75) is 57.5 Å². The van der Waals surface area contributed by atoms with Crippen LogP contribution in [0.1, 0.15) is 51.0 Å². The number of unbranched alkanes of at least 4 members (excludes halogenated alkanes) is 1. The smallest absolute Gasteiger partial charge is 0.233 e. The molecule has 5 rings (SSSR count). The minimum absolute atomic E-state index is 0.0210. The number of amides is 1. The SMILES string of the molecule is CCCCC(=O)Nc1nc(N2CCCN(Cc3ccccc3)C3(CC3)C2)c2cc[nH]c2n1. The molecule has 7 nitrogen and oxygen atoms in total. The minimum Gasteiger partial charge on any atom is -0.354 e. The van der Waals surface area contributed by atoms with Crippen LogP contribution < -0.4 is 10.2 Å². The van der Waals surface area contributed by atoms with Gasteiger partial charge in [0.15, 0.2) is 0 Å². The van der Waals surface area contributed by atoms with Crippen molar-refractivity contribution >= 4 is 28.7 Å². The van der Waals surface area contributed by atoms with E-state index in [0.717, 1.165) is 62.3 Å². The van der Waals surface area contributed by atoms with Crippen LogP contribution in [-0.2, 0) is 11.3 Å². The summed E-state index contributed by atoms with van der Waals surface area (Å²) < 4.78 is 0. The Bertz CT molecular complexity index is 1070. The summed E-state index contributed by atoms with van der Waals surface area (Å²) in [6.07, 6.45) is 7.79. The van der Waals surface area contributed by atoms with Crippen molar-refractivity contribution in [3.8, 4) is 0 Å².